The molecule has 2 aromatic heterocycles. The smallest absolute Gasteiger partial charge is 0.340 e. The summed E-state index contributed by atoms with van der Waals surface area (Å²) in [4.78, 5) is 28.5. The predicted molar refractivity (Wildman–Crippen MR) is 139 cm³/mol. The minimum atomic E-state index is -0.439. The average Bonchev–Trinajstić information content (AvgIpc) is 3.26. The molecule has 2 aliphatic rings. The molecule has 2 aliphatic heterocycles. The van der Waals surface area contributed by atoms with E-state index in [0.717, 1.165) is 39.5 Å². The van der Waals surface area contributed by atoms with Crippen LogP contribution in [0.5, 0.6) is 0 Å². The number of carbonyl (C=O) groups is 1. The highest BCUT2D eigenvalue weighted by atomic mass is 16.4. The zero-order valence-corrected chi connectivity index (χ0v) is 21.8. The van der Waals surface area contributed by atoms with Crippen molar-refractivity contribution in [1.82, 2.24) is 10.2 Å². The zero-order chi connectivity index (χ0) is 24.9. The van der Waals surface area contributed by atoms with Crippen LogP contribution in [0.1, 0.15) is 75.1 Å². The summed E-state index contributed by atoms with van der Waals surface area (Å²) in [6, 6.07) is 2.64. The van der Waals surface area contributed by atoms with Crippen LogP contribution in [-0.2, 0) is 16.6 Å². The fraction of sp³-hybridized carbons (Fsp3) is 0.586. The van der Waals surface area contributed by atoms with Crippen molar-refractivity contribution in [2.24, 2.45) is 5.92 Å². The van der Waals surface area contributed by atoms with Crippen LogP contribution in [0.2, 0.25) is 0 Å². The summed E-state index contributed by atoms with van der Waals surface area (Å²) in [5.41, 5.74) is 3.96. The van der Waals surface area contributed by atoms with Crippen LogP contribution in [-0.4, -0.2) is 36.5 Å². The first kappa shape index (κ1) is 24.1. The number of amides is 1. The van der Waals surface area contributed by atoms with E-state index in [9.17, 15) is 9.59 Å². The number of nitrogens with zero attached hydrogens (tertiary/aromatic N) is 1. The van der Waals surface area contributed by atoms with Crippen molar-refractivity contribution >= 4 is 27.8 Å². The molecule has 0 unspecified atom stereocenters. The van der Waals surface area contributed by atoms with E-state index in [1.165, 1.54) is 38.8 Å². The minimum absolute atomic E-state index is 0.0415. The molecule has 1 N–H and O–H groups in total. The Hall–Kier alpha value is -2.60. The SMILES string of the molecule is Cc1c(CC(=O)NC[C@H]2CCCN3CCCC[C@@H]23)c(=O)oc2c(C)c3occ(C(C)(C)C)c3cc12. The van der Waals surface area contributed by atoms with Crippen LogP contribution in [0.4, 0.5) is 0 Å². The molecule has 2 fully saturated rings. The molecule has 5 rings (SSSR count). The summed E-state index contributed by atoms with van der Waals surface area (Å²) in [6.07, 6.45) is 8.00. The normalized spacial score (nSPS) is 21.4. The number of piperidine rings is 2. The maximum Gasteiger partial charge on any atom is 0.340 e. The molecular weight excluding hydrogens is 440 g/mol. The average molecular weight is 479 g/mol. The van der Waals surface area contributed by atoms with Gasteiger partial charge in [0.15, 0.2) is 0 Å². The number of hydrogen-bond donors (Lipinski definition) is 1. The third-order valence-electron chi connectivity index (χ3n) is 8.28. The van der Waals surface area contributed by atoms with Gasteiger partial charge in [0.1, 0.15) is 11.2 Å². The monoisotopic (exact) mass is 478 g/mol. The predicted octanol–water partition coefficient (Wildman–Crippen LogP) is 5.38. The molecule has 1 aromatic carbocycles. The van der Waals surface area contributed by atoms with E-state index in [-0.39, 0.29) is 17.7 Å². The van der Waals surface area contributed by atoms with Crippen molar-refractivity contribution in [3.63, 3.8) is 0 Å². The maximum atomic E-state index is 13.0. The summed E-state index contributed by atoms with van der Waals surface area (Å²) in [5.74, 6) is 0.388. The third kappa shape index (κ3) is 4.42. The van der Waals surface area contributed by atoms with Crippen LogP contribution in [0.15, 0.2) is 26.0 Å². The Morgan fingerprint density at radius 2 is 1.83 bits per heavy atom. The molecule has 2 saturated heterocycles. The molecule has 6 heteroatoms. The quantitative estimate of drug-likeness (QED) is 0.510. The van der Waals surface area contributed by atoms with Crippen LogP contribution < -0.4 is 10.9 Å². The van der Waals surface area contributed by atoms with Crippen LogP contribution >= 0.6 is 0 Å². The second-order valence-electron chi connectivity index (χ2n) is 11.6. The van der Waals surface area contributed by atoms with Crippen molar-refractivity contribution in [1.29, 1.82) is 0 Å². The van der Waals surface area contributed by atoms with Crippen molar-refractivity contribution in [2.75, 3.05) is 19.6 Å². The fourth-order valence-electron chi connectivity index (χ4n) is 6.26. The van der Waals surface area contributed by atoms with E-state index >= 15 is 0 Å². The molecule has 2 atom stereocenters. The van der Waals surface area contributed by atoms with E-state index in [0.29, 0.717) is 29.7 Å². The highest BCUT2D eigenvalue weighted by Crippen LogP contribution is 2.37. The standard InChI is InChI=1S/C29H38N2O4/c1-17-20-13-22-23(29(3,4)5)16-34-26(22)18(2)27(20)35-28(33)21(17)14-25(32)30-15-19-9-8-12-31-11-7-6-10-24(19)31/h13,16,19,24H,6-12,14-15H2,1-5H3,(H,30,32)/t19-,24+/m1/s1. The van der Waals surface area contributed by atoms with Crippen LogP contribution in [0.25, 0.3) is 21.9 Å². The summed E-state index contributed by atoms with van der Waals surface area (Å²) in [6.45, 7) is 13.4. The Kier molecular flexibility index (Phi) is 6.28. The van der Waals surface area contributed by atoms with Gasteiger partial charge in [0.25, 0.3) is 0 Å². The summed E-state index contributed by atoms with van der Waals surface area (Å²) in [7, 11) is 0. The number of benzene rings is 1. The highest BCUT2D eigenvalue weighted by Gasteiger charge is 2.33. The van der Waals surface area contributed by atoms with Gasteiger partial charge in [0.05, 0.1) is 18.2 Å². The van der Waals surface area contributed by atoms with Gasteiger partial charge in [-0.15, -0.1) is 0 Å². The molecule has 6 nitrogen and oxygen atoms in total. The topological polar surface area (TPSA) is 75.7 Å². The lowest BCUT2D eigenvalue weighted by Crippen LogP contribution is -2.51. The second kappa shape index (κ2) is 9.12. The van der Waals surface area contributed by atoms with Crippen LogP contribution in [0.3, 0.4) is 0 Å². The van der Waals surface area contributed by atoms with E-state index < -0.39 is 5.63 Å². The van der Waals surface area contributed by atoms with Gasteiger partial charge in [0, 0.05) is 34.5 Å². The largest absolute Gasteiger partial charge is 0.464 e. The Labute approximate surface area is 207 Å². The Morgan fingerprint density at radius 3 is 2.60 bits per heavy atom. The molecule has 1 amide bonds. The van der Waals surface area contributed by atoms with E-state index in [4.69, 9.17) is 8.83 Å². The fourth-order valence-corrected chi connectivity index (χ4v) is 6.26. The zero-order valence-electron chi connectivity index (χ0n) is 21.8. The third-order valence-corrected chi connectivity index (χ3v) is 8.28. The summed E-state index contributed by atoms with van der Waals surface area (Å²) in [5, 5.41) is 5.04. The second-order valence-corrected chi connectivity index (χ2v) is 11.6. The summed E-state index contributed by atoms with van der Waals surface area (Å²) < 4.78 is 11.7. The van der Waals surface area contributed by atoms with E-state index in [2.05, 4.69) is 37.1 Å². The van der Waals surface area contributed by atoms with E-state index in [1.54, 1.807) is 6.26 Å². The van der Waals surface area contributed by atoms with Crippen LogP contribution in [0, 0.1) is 19.8 Å². The van der Waals surface area contributed by atoms with Gasteiger partial charge in [0.2, 0.25) is 5.91 Å². The van der Waals surface area contributed by atoms with Crippen molar-refractivity contribution in [3.05, 3.63) is 45.0 Å². The molecule has 0 bridgehead atoms. The molecule has 0 saturated carbocycles. The Bertz CT molecular complexity index is 1320. The lowest BCUT2D eigenvalue weighted by molar-refractivity contribution is -0.120. The minimum Gasteiger partial charge on any atom is -0.464 e. The molecule has 4 heterocycles. The van der Waals surface area contributed by atoms with Gasteiger partial charge < -0.3 is 19.1 Å². The number of furan rings is 1. The number of rotatable bonds is 4. The van der Waals surface area contributed by atoms with Gasteiger partial charge in [-0.05, 0) is 75.6 Å². The lowest BCUT2D eigenvalue weighted by atomic mass is 9.83. The van der Waals surface area contributed by atoms with Crippen molar-refractivity contribution in [2.45, 2.75) is 84.6 Å². The molecular formula is C29H38N2O4. The van der Waals surface area contributed by atoms with Gasteiger partial charge >= 0.3 is 5.63 Å². The summed E-state index contributed by atoms with van der Waals surface area (Å²) >= 11 is 0. The molecule has 0 spiro atoms. The Balaban J connectivity index is 1.40. The first-order valence-corrected chi connectivity index (χ1v) is 13.1. The molecule has 35 heavy (non-hydrogen) atoms. The molecule has 3 aromatic rings. The van der Waals surface area contributed by atoms with Gasteiger partial charge in [-0.2, -0.15) is 0 Å². The van der Waals surface area contributed by atoms with Gasteiger partial charge in [-0.3, -0.25) is 4.79 Å². The number of aryl methyl sites for hydroxylation is 2. The maximum absolute atomic E-state index is 13.0. The first-order chi connectivity index (χ1) is 16.6. The number of nitrogens with one attached hydrogen (secondary N) is 1. The molecule has 188 valence electrons. The first-order valence-electron chi connectivity index (χ1n) is 13.1. The number of carbonyl (C=O) groups excluding carboxylic acids is 1. The number of fused-ring (bicyclic) bond motifs is 3. The number of hydrogen-bond acceptors (Lipinski definition) is 5. The highest BCUT2D eigenvalue weighted by molar-refractivity contribution is 6.00. The van der Waals surface area contributed by atoms with E-state index in [1.807, 2.05) is 13.8 Å². The molecule has 0 radical (unpaired) electrons. The Morgan fingerprint density at radius 1 is 1.06 bits per heavy atom. The van der Waals surface area contributed by atoms with Gasteiger partial charge in [-0.25, -0.2) is 4.79 Å². The molecule has 0 aliphatic carbocycles. The van der Waals surface area contributed by atoms with Gasteiger partial charge in [-0.1, -0.05) is 27.2 Å². The lowest BCUT2D eigenvalue weighted by Gasteiger charge is -2.44. The van der Waals surface area contributed by atoms with Crippen molar-refractivity contribution in [3.8, 4) is 0 Å². The van der Waals surface area contributed by atoms with Crippen molar-refractivity contribution < 1.29 is 13.6 Å².